The molecule has 2 heteroatoms. The highest BCUT2D eigenvalue weighted by Crippen LogP contribution is 2.38. The lowest BCUT2D eigenvalue weighted by Crippen LogP contribution is -2.31. The monoisotopic (exact) mass is 410 g/mol. The molecule has 0 aromatic rings. The van der Waals surface area contributed by atoms with Gasteiger partial charge in [-0.2, -0.15) is 0 Å². The minimum atomic E-state index is -0.509. The highest BCUT2D eigenvalue weighted by atomic mass is 16.4. The third-order valence-electron chi connectivity index (χ3n) is 6.73. The normalized spacial score (nSPS) is 11.8. The summed E-state index contributed by atoms with van der Waals surface area (Å²) in [4.78, 5) is 12.4. The van der Waals surface area contributed by atoms with Gasteiger partial charge in [-0.1, -0.05) is 143 Å². The van der Waals surface area contributed by atoms with E-state index in [1.165, 1.54) is 103 Å². The number of rotatable bonds is 23. The number of carbonyl (C=O) groups is 1. The van der Waals surface area contributed by atoms with E-state index in [4.69, 9.17) is 0 Å². The maximum Gasteiger partial charge on any atom is 0.309 e. The summed E-state index contributed by atoms with van der Waals surface area (Å²) in [6.45, 7) is 6.75. The molecule has 0 aliphatic carbocycles. The zero-order chi connectivity index (χ0) is 21.6. The predicted octanol–water partition coefficient (Wildman–Crippen LogP) is 9.70. The fourth-order valence-corrected chi connectivity index (χ4v) is 4.60. The smallest absolute Gasteiger partial charge is 0.309 e. The molecule has 0 heterocycles. The number of carboxylic acids is 1. The van der Waals surface area contributed by atoms with Gasteiger partial charge in [0.15, 0.2) is 0 Å². The van der Waals surface area contributed by atoms with Crippen LogP contribution in [0.25, 0.3) is 0 Å². The molecule has 2 nitrogen and oxygen atoms in total. The molecule has 0 saturated carbocycles. The largest absolute Gasteiger partial charge is 0.481 e. The number of aliphatic carboxylic acids is 1. The quantitative estimate of drug-likeness (QED) is 0.170. The molecule has 0 bridgehead atoms. The van der Waals surface area contributed by atoms with Crippen molar-refractivity contribution in [1.82, 2.24) is 0 Å². The van der Waals surface area contributed by atoms with Crippen molar-refractivity contribution >= 4 is 5.97 Å². The van der Waals surface area contributed by atoms with Crippen molar-refractivity contribution in [3.05, 3.63) is 0 Å². The highest BCUT2D eigenvalue weighted by Gasteiger charge is 2.36. The van der Waals surface area contributed by atoms with Crippen LogP contribution in [0.4, 0.5) is 0 Å². The summed E-state index contributed by atoms with van der Waals surface area (Å²) in [6.07, 6.45) is 26.6. The Hall–Kier alpha value is -0.530. The molecule has 0 atom stereocenters. The van der Waals surface area contributed by atoms with Gasteiger partial charge in [0.05, 0.1) is 5.41 Å². The molecule has 0 spiro atoms. The summed E-state index contributed by atoms with van der Waals surface area (Å²) >= 11 is 0. The number of carboxylic acid groups (broad SMARTS) is 1. The molecule has 0 radical (unpaired) electrons. The third-order valence-corrected chi connectivity index (χ3v) is 6.73. The van der Waals surface area contributed by atoms with Gasteiger partial charge in [0.2, 0.25) is 0 Å². The van der Waals surface area contributed by atoms with E-state index < -0.39 is 11.4 Å². The number of hydrogen-bond acceptors (Lipinski definition) is 1. The van der Waals surface area contributed by atoms with Gasteiger partial charge in [0.1, 0.15) is 0 Å². The van der Waals surface area contributed by atoms with Gasteiger partial charge in [0.25, 0.3) is 0 Å². The van der Waals surface area contributed by atoms with E-state index in [9.17, 15) is 9.90 Å². The first kappa shape index (κ1) is 28.5. The Morgan fingerprint density at radius 2 is 0.724 bits per heavy atom. The first-order valence-electron chi connectivity index (χ1n) is 13.4. The molecule has 0 amide bonds. The average molecular weight is 411 g/mol. The lowest BCUT2D eigenvalue weighted by Gasteiger charge is -2.30. The SMILES string of the molecule is CCCCCCCCCC(CCCCCCCC)(CCCCCCCC)C(=O)O. The fraction of sp³-hybridized carbons (Fsp3) is 0.963. The minimum Gasteiger partial charge on any atom is -0.481 e. The Morgan fingerprint density at radius 1 is 0.483 bits per heavy atom. The van der Waals surface area contributed by atoms with Gasteiger partial charge in [-0.05, 0) is 19.3 Å². The maximum atomic E-state index is 12.4. The summed E-state index contributed by atoms with van der Waals surface area (Å²) in [7, 11) is 0. The lowest BCUT2D eigenvalue weighted by atomic mass is 9.74. The predicted molar refractivity (Wildman–Crippen MR) is 129 cm³/mol. The minimum absolute atomic E-state index is 0.446. The number of hydrogen-bond donors (Lipinski definition) is 1. The van der Waals surface area contributed by atoms with Crippen molar-refractivity contribution in [1.29, 1.82) is 0 Å². The van der Waals surface area contributed by atoms with E-state index in [1.54, 1.807) is 0 Å². The molecular formula is C27H54O2. The van der Waals surface area contributed by atoms with Crippen molar-refractivity contribution in [3.8, 4) is 0 Å². The van der Waals surface area contributed by atoms with Crippen LogP contribution in [-0.2, 0) is 4.79 Å². The Kier molecular flexibility index (Phi) is 20.4. The molecule has 1 N–H and O–H groups in total. The van der Waals surface area contributed by atoms with Gasteiger partial charge in [-0.3, -0.25) is 4.79 Å². The average Bonchev–Trinajstić information content (AvgIpc) is 2.71. The second-order valence-electron chi connectivity index (χ2n) is 9.49. The van der Waals surface area contributed by atoms with E-state index in [1.807, 2.05) is 0 Å². The lowest BCUT2D eigenvalue weighted by molar-refractivity contribution is -0.150. The Labute approximate surface area is 183 Å². The summed E-state index contributed by atoms with van der Waals surface area (Å²) in [5.74, 6) is -0.509. The van der Waals surface area contributed by atoms with Gasteiger partial charge in [-0.15, -0.1) is 0 Å². The van der Waals surface area contributed by atoms with Crippen LogP contribution < -0.4 is 0 Å². The number of unbranched alkanes of at least 4 members (excludes halogenated alkanes) is 16. The van der Waals surface area contributed by atoms with Crippen molar-refractivity contribution < 1.29 is 9.90 Å². The molecule has 0 aliphatic heterocycles. The van der Waals surface area contributed by atoms with Crippen LogP contribution in [0.15, 0.2) is 0 Å². The molecule has 0 rings (SSSR count). The summed E-state index contributed by atoms with van der Waals surface area (Å²) < 4.78 is 0. The van der Waals surface area contributed by atoms with Crippen LogP contribution in [0.3, 0.4) is 0 Å². The second-order valence-corrected chi connectivity index (χ2v) is 9.49. The van der Waals surface area contributed by atoms with E-state index in [0.29, 0.717) is 0 Å². The van der Waals surface area contributed by atoms with Crippen LogP contribution >= 0.6 is 0 Å². The van der Waals surface area contributed by atoms with Crippen LogP contribution in [0.2, 0.25) is 0 Å². The second kappa shape index (κ2) is 20.7. The van der Waals surface area contributed by atoms with Crippen molar-refractivity contribution in [2.75, 3.05) is 0 Å². The van der Waals surface area contributed by atoms with E-state index >= 15 is 0 Å². The molecule has 29 heavy (non-hydrogen) atoms. The van der Waals surface area contributed by atoms with Crippen LogP contribution in [-0.4, -0.2) is 11.1 Å². The van der Waals surface area contributed by atoms with Crippen LogP contribution in [0, 0.1) is 5.41 Å². The standard InChI is InChI=1S/C27H54O2/c1-4-7-10-13-16-19-22-25-27(26(28)29,23-20-17-14-11-8-5-2)24-21-18-15-12-9-6-3/h4-25H2,1-3H3,(H,28,29). The van der Waals surface area contributed by atoms with Crippen molar-refractivity contribution in [2.24, 2.45) is 5.41 Å². The molecule has 174 valence electrons. The van der Waals surface area contributed by atoms with Crippen LogP contribution in [0.1, 0.15) is 162 Å². The summed E-state index contributed by atoms with van der Waals surface area (Å²) in [5.41, 5.74) is -0.446. The topological polar surface area (TPSA) is 37.3 Å². The van der Waals surface area contributed by atoms with Gasteiger partial charge in [-0.25, -0.2) is 0 Å². The van der Waals surface area contributed by atoms with Gasteiger partial charge < -0.3 is 5.11 Å². The zero-order valence-corrected chi connectivity index (χ0v) is 20.4. The van der Waals surface area contributed by atoms with Crippen LogP contribution in [0.5, 0.6) is 0 Å². The van der Waals surface area contributed by atoms with E-state index in [-0.39, 0.29) is 0 Å². The first-order chi connectivity index (χ1) is 14.1. The third kappa shape index (κ3) is 15.9. The fourth-order valence-electron chi connectivity index (χ4n) is 4.60. The molecular weight excluding hydrogens is 356 g/mol. The van der Waals surface area contributed by atoms with E-state index in [0.717, 1.165) is 38.5 Å². The van der Waals surface area contributed by atoms with Gasteiger partial charge >= 0.3 is 5.97 Å². The molecule has 0 aliphatic rings. The molecule has 0 aromatic heterocycles. The summed E-state index contributed by atoms with van der Waals surface area (Å²) in [5, 5.41) is 10.2. The zero-order valence-electron chi connectivity index (χ0n) is 20.4. The maximum absolute atomic E-state index is 12.4. The molecule has 0 fully saturated rings. The Bertz CT molecular complexity index is 334. The van der Waals surface area contributed by atoms with Crippen molar-refractivity contribution in [2.45, 2.75) is 162 Å². The molecule has 0 aromatic carbocycles. The summed E-state index contributed by atoms with van der Waals surface area (Å²) in [6, 6.07) is 0. The molecule has 0 saturated heterocycles. The van der Waals surface area contributed by atoms with Crippen molar-refractivity contribution in [3.63, 3.8) is 0 Å². The highest BCUT2D eigenvalue weighted by molar-refractivity contribution is 5.74. The first-order valence-corrected chi connectivity index (χ1v) is 13.4. The Morgan fingerprint density at radius 3 is 0.966 bits per heavy atom. The Balaban J connectivity index is 4.46. The van der Waals surface area contributed by atoms with Gasteiger partial charge in [0, 0.05) is 0 Å². The molecule has 0 unspecified atom stereocenters. The van der Waals surface area contributed by atoms with E-state index in [2.05, 4.69) is 20.8 Å².